The fourth-order valence-corrected chi connectivity index (χ4v) is 17.5. The number of H-pyrrole nitrogens is 3. The number of aromatic nitrogens is 6. The van der Waals surface area contributed by atoms with Gasteiger partial charge in [-0.2, -0.15) is 0 Å². The number of hydrogen-bond donors (Lipinski definition) is 8. The molecule has 4 unspecified atom stereocenters. The normalized spacial score (nSPS) is 31.8. The molecule has 0 bridgehead atoms. The highest BCUT2D eigenvalue weighted by atomic mass is 31.2. The molecule has 51 heteroatoms. The number of phosphoric ester groups is 4. The van der Waals surface area contributed by atoms with Crippen molar-refractivity contribution >= 4 is 37.2 Å². The highest BCUT2D eigenvalue weighted by Crippen LogP contribution is 2.62. The summed E-state index contributed by atoms with van der Waals surface area (Å²) in [6, 6.07) is 19.2. The summed E-state index contributed by atoms with van der Waals surface area (Å²) in [5.41, 5.74) is -5.01. The first-order valence-electron chi connectivity index (χ1n) is 39.7. The highest BCUT2D eigenvalue weighted by molar-refractivity contribution is 7.49. The molecule has 9 aliphatic rings. The van der Waals surface area contributed by atoms with Crippen molar-refractivity contribution in [3.8, 4) is 95.4 Å². The number of phosphoric acid groups is 4. The van der Waals surface area contributed by atoms with Gasteiger partial charge in [0.15, 0.2) is 70.9 Å². The third kappa shape index (κ3) is 20.4. The van der Waals surface area contributed by atoms with Gasteiger partial charge in [-0.3, -0.25) is 84.0 Å². The van der Waals surface area contributed by atoms with E-state index in [2.05, 4.69) is 23.7 Å². The summed E-state index contributed by atoms with van der Waals surface area (Å²) in [6.07, 6.45) is 4.78. The van der Waals surface area contributed by atoms with Gasteiger partial charge in [-0.25, -0.2) is 50.2 Å². The van der Waals surface area contributed by atoms with Gasteiger partial charge in [-0.15, -0.1) is 25.7 Å². The summed E-state index contributed by atoms with van der Waals surface area (Å²) in [6.45, 7) is -6.50. The van der Waals surface area contributed by atoms with Crippen molar-refractivity contribution in [3.63, 3.8) is 0 Å². The van der Waals surface area contributed by atoms with E-state index < -0.39 is 196 Å². The number of amides is 1. The Balaban J connectivity index is 0.000000152. The topological polar surface area (TPSA) is 531 Å². The van der Waals surface area contributed by atoms with Crippen molar-refractivity contribution in [2.24, 2.45) is 0 Å². The molecule has 16 rings (SSSR count). The van der Waals surface area contributed by atoms with E-state index in [1.54, 1.807) is 60.7 Å². The van der Waals surface area contributed by atoms with Crippen LogP contribution in [0.25, 0.3) is 0 Å². The zero-order chi connectivity index (χ0) is 97.8. The predicted molar refractivity (Wildman–Crippen MR) is 425 cm³/mol. The minimum Gasteiger partial charge on any atom is -0.493 e. The van der Waals surface area contributed by atoms with Gasteiger partial charge < -0.3 is 86.6 Å². The standard InChI is InChI=1S/C20H20FN2O8P.3C19H18FN2O9P/c1-4-13-9-23(12(2)22-18(13)25)19-15(24)8-20(21,30-19)11-29-32(26)28-10-14-6-5-7-16(27-3)17(14)31-32;3*1-3-11-8-22(18(25)21-16(11)24)17-13(23)7-19(20,30-17)10-29-32(26)28-9-12-5-4-6-14(27-2)15(12)31-32/h1,5-7,9,15,19,24H,2,8,10-11H2,3H3,(H,22,25);3*1,4-6,8,13,17,23H,7,9-10H2,2H3,(H,21,24,25)/t15-,19-,20+,32?;3*13-,17-,19+,32?/m1111/s1/i11D2,19D;17D;10D2;. The molecule has 0 radical (unpaired) electrons. The lowest BCUT2D eigenvalue weighted by atomic mass is 10.1. The molecule has 0 saturated carbocycles. The average molecular weight is 1880 g/mol. The Morgan fingerprint density at radius 3 is 1.16 bits per heavy atom. The zero-order valence-electron chi connectivity index (χ0n) is 72.3. The number of hydrogen-bond acceptors (Lipinski definition) is 36. The number of aliphatic hydroxyl groups is 4. The van der Waals surface area contributed by atoms with Crippen LogP contribution in [-0.2, 0) is 105 Å². The number of halogens is 4. The second-order valence-corrected chi connectivity index (χ2v) is 33.8. The number of methoxy groups -OCH3 is 4. The van der Waals surface area contributed by atoms with Crippen molar-refractivity contribution < 1.29 is 161 Å². The molecule has 12 heterocycles. The number of nitrogens with one attached hydrogen (secondary N) is 4. The van der Waals surface area contributed by atoms with Gasteiger partial charge in [0, 0.05) is 72.7 Å². The quantitative estimate of drug-likeness (QED) is 0.0264. The number of rotatable bonds is 20. The maximum Gasteiger partial charge on any atom is 0.530 e. The second-order valence-electron chi connectivity index (χ2n) is 27.6. The summed E-state index contributed by atoms with van der Waals surface area (Å²) in [5, 5.41) is 43.7. The Kier molecular flexibility index (Phi) is 25.2. The molecule has 3 aromatic heterocycles. The summed E-state index contributed by atoms with van der Waals surface area (Å²) in [5.74, 6) is -4.30. The molecular formula is C77H74F4N8O35P4. The number of alkyl halides is 4. The molecule has 0 spiro atoms. The maximum absolute atomic E-state index is 15.9. The van der Waals surface area contributed by atoms with Crippen molar-refractivity contribution in [2.75, 3.05) is 54.8 Å². The van der Waals surface area contributed by atoms with E-state index in [1.165, 1.54) is 40.6 Å². The molecule has 7 aromatic rings. The number of terminal acetylenes is 4. The zero-order valence-corrected chi connectivity index (χ0v) is 69.9. The lowest BCUT2D eigenvalue weighted by Crippen LogP contribution is -2.46. The first kappa shape index (κ1) is 85.7. The molecular weight excluding hydrogens is 1800 g/mol. The number of carbonyl (C=O) groups is 1. The fraction of sp³-hybridized carbons (Fsp3) is 0.364. The van der Waals surface area contributed by atoms with E-state index in [0.29, 0.717) is 37.1 Å². The van der Waals surface area contributed by atoms with Gasteiger partial charge in [-0.05, 0) is 24.3 Å². The van der Waals surface area contributed by atoms with Crippen molar-refractivity contribution in [3.05, 3.63) is 217 Å². The van der Waals surface area contributed by atoms with Crippen LogP contribution < -0.4 is 76.1 Å². The van der Waals surface area contributed by atoms with Crippen LogP contribution in [0.4, 0.5) is 17.6 Å². The lowest BCUT2D eigenvalue weighted by Gasteiger charge is -2.34. The Morgan fingerprint density at radius 2 is 0.781 bits per heavy atom. The summed E-state index contributed by atoms with van der Waals surface area (Å²) < 4.78 is 267. The van der Waals surface area contributed by atoms with Crippen molar-refractivity contribution in [1.29, 1.82) is 0 Å². The number of nitrogens with zero attached hydrogens (tertiary/aromatic N) is 4. The van der Waals surface area contributed by atoms with Crippen molar-refractivity contribution in [1.82, 2.24) is 38.9 Å². The highest BCUT2D eigenvalue weighted by Gasteiger charge is 2.56. The number of aliphatic hydroxyl groups excluding tert-OH is 4. The van der Waals surface area contributed by atoms with E-state index in [0.717, 1.165) is 34.3 Å². The molecule has 4 aromatic carbocycles. The largest absolute Gasteiger partial charge is 0.530 e. The van der Waals surface area contributed by atoms with Gasteiger partial charge in [0.2, 0.25) is 23.4 Å². The number of aromatic amines is 3. The number of benzene rings is 4. The molecule has 4 fully saturated rings. The predicted octanol–water partition coefficient (Wildman–Crippen LogP) is 5.54. The maximum atomic E-state index is 15.9. The van der Waals surface area contributed by atoms with Gasteiger partial charge in [0.1, 0.15) is 78.8 Å². The SMILES string of the molecule is C#Cc1cn([C@@H]2O[C@](F)(COP3(=O)OCc4cccc(OC)c4O3)C[C@H]2O)c(=O)[nH]c1=O.[2H]C([2H])(OP1(=O)OCc2cccc(OC)c2O1)[C@]1(F)C[C@@H](O)[C@H](n2cc(C#C)c(=O)[nH]c2=O)O1.[2H]C([2H])(OP1(=O)OCc2cccc(OC)c2O1)[C@]1(F)C[C@@H](O)[C@]([2H])(N2C=C(C#C)C(=O)NC2=C)O1.[2H][C@@]1(n2cc(C#C)c(=O)[nH]c2=O)O[C@](F)(COP2(=O)OCc3cccc(OC)c3O2)C[C@H]1O. The summed E-state index contributed by atoms with van der Waals surface area (Å²) in [7, 11) is -12.7. The summed E-state index contributed by atoms with van der Waals surface area (Å²) >= 11 is 0. The molecule has 1 amide bonds. The molecule has 8 N–H and O–H groups in total. The second kappa shape index (κ2) is 37.6. The molecule has 680 valence electrons. The van der Waals surface area contributed by atoms with Crippen LogP contribution in [0.15, 0.2) is 144 Å². The smallest absolute Gasteiger partial charge is 0.493 e. The molecule has 4 saturated heterocycles. The van der Waals surface area contributed by atoms with Crippen LogP contribution in [0.2, 0.25) is 0 Å². The molecule has 16 atom stereocenters. The average Bonchev–Trinajstić information content (AvgIpc) is 1.56. The van der Waals surface area contributed by atoms with Gasteiger partial charge in [-0.1, -0.05) is 78.8 Å². The Hall–Kier alpha value is -11.7. The number of ether oxygens (including phenoxy) is 8. The third-order valence-electron chi connectivity index (χ3n) is 18.9. The van der Waals surface area contributed by atoms with Crippen LogP contribution >= 0.6 is 31.3 Å². The Morgan fingerprint density at radius 1 is 0.469 bits per heavy atom. The molecule has 9 aliphatic heterocycles. The number of fused-ring (bicyclic) bond motifs is 4. The van der Waals surface area contributed by atoms with Gasteiger partial charge >= 0.3 is 48.4 Å². The Labute approximate surface area is 726 Å². The minimum atomic E-state index is -4.78. The van der Waals surface area contributed by atoms with E-state index in [1.807, 2.05) is 26.8 Å². The van der Waals surface area contributed by atoms with E-state index in [-0.39, 0.29) is 94.8 Å². The van der Waals surface area contributed by atoms with Gasteiger partial charge in [0.05, 0.1) is 63.1 Å². The monoisotopic (exact) mass is 1880 g/mol. The van der Waals surface area contributed by atoms with Crippen molar-refractivity contribution in [2.45, 2.75) is 125 Å². The van der Waals surface area contributed by atoms with Gasteiger partial charge in [0.25, 0.3) is 22.6 Å². The number of carbonyl (C=O) groups excluding carboxylic acids is 1. The molecule has 43 nitrogen and oxygen atoms in total. The summed E-state index contributed by atoms with van der Waals surface area (Å²) in [4.78, 5) is 89.7. The number of para-hydroxylation sites is 4. The van der Waals surface area contributed by atoms with Crippen LogP contribution in [0.5, 0.6) is 46.0 Å². The third-order valence-corrected chi connectivity index (χ3v) is 23.8. The van der Waals surface area contributed by atoms with Crippen LogP contribution in [0.1, 0.15) is 91.5 Å². The minimum absolute atomic E-state index is 0.0323. The van der Waals surface area contributed by atoms with Crippen LogP contribution in [-0.4, -0.2) is 169 Å². The van der Waals surface area contributed by atoms with Crippen LogP contribution in [0, 0.1) is 49.4 Å². The van der Waals surface area contributed by atoms with E-state index in [4.69, 9.17) is 126 Å². The first-order chi connectivity index (χ1) is 62.9. The van der Waals surface area contributed by atoms with Crippen LogP contribution in [0.3, 0.4) is 0 Å². The first-order valence-corrected chi connectivity index (χ1v) is 42.5. The molecule has 0 aliphatic carbocycles. The van der Waals surface area contributed by atoms with E-state index >= 15 is 17.6 Å². The van der Waals surface area contributed by atoms with E-state index in [9.17, 15) is 72.2 Å². The Bertz CT molecular complexity index is 6630. The lowest BCUT2D eigenvalue weighted by molar-refractivity contribution is -0.184. The fourth-order valence-electron chi connectivity index (χ4n) is 12.8. The molecule has 128 heavy (non-hydrogen) atoms.